The topological polar surface area (TPSA) is 61.8 Å². The molecule has 1 atom stereocenters. The van der Waals surface area contributed by atoms with Gasteiger partial charge < -0.3 is 14.5 Å². The highest BCUT2D eigenvalue weighted by Crippen LogP contribution is 2.23. The minimum Gasteiger partial charge on any atom is -0.481 e. The zero-order valence-corrected chi connectivity index (χ0v) is 14.9. The zero-order chi connectivity index (χ0) is 17.9. The molecule has 0 N–H and O–H groups in total. The number of nitrogens with zero attached hydrogens (tertiary/aromatic N) is 5. The summed E-state index contributed by atoms with van der Waals surface area (Å²) in [5, 5.41) is 0. The van der Waals surface area contributed by atoms with Crippen LogP contribution < -0.4 is 4.74 Å². The van der Waals surface area contributed by atoms with Gasteiger partial charge >= 0.3 is 6.03 Å². The number of ether oxygens (including phenoxy) is 1. The van der Waals surface area contributed by atoms with Crippen LogP contribution in [0.4, 0.5) is 4.79 Å². The van der Waals surface area contributed by atoms with Gasteiger partial charge in [-0.1, -0.05) is 12.1 Å². The largest absolute Gasteiger partial charge is 0.481 e. The SMILES string of the molecule is COc1ccc(CN2CCN3C(=O)N(Cc4ccccn4)CC3C2)cn1. The summed E-state index contributed by atoms with van der Waals surface area (Å²) in [7, 11) is 1.62. The van der Waals surface area contributed by atoms with Crippen LogP contribution in [0.1, 0.15) is 11.3 Å². The fourth-order valence-corrected chi connectivity index (χ4v) is 3.69. The highest BCUT2D eigenvalue weighted by molar-refractivity contribution is 5.77. The van der Waals surface area contributed by atoms with E-state index in [2.05, 4.69) is 14.9 Å². The predicted octanol–water partition coefficient (Wildman–Crippen LogP) is 1.61. The molecule has 0 bridgehead atoms. The first-order valence-electron chi connectivity index (χ1n) is 8.89. The molecule has 0 spiro atoms. The van der Waals surface area contributed by atoms with E-state index in [0.717, 1.165) is 44.0 Å². The van der Waals surface area contributed by atoms with Gasteiger partial charge in [-0.2, -0.15) is 0 Å². The molecule has 0 aliphatic carbocycles. The first kappa shape index (κ1) is 16.8. The van der Waals surface area contributed by atoms with E-state index in [9.17, 15) is 4.79 Å². The number of hydrogen-bond donors (Lipinski definition) is 0. The molecule has 1 unspecified atom stereocenters. The van der Waals surface area contributed by atoms with Crippen molar-refractivity contribution in [1.29, 1.82) is 0 Å². The van der Waals surface area contributed by atoms with Gasteiger partial charge in [-0.25, -0.2) is 9.78 Å². The normalized spacial score (nSPS) is 20.3. The van der Waals surface area contributed by atoms with Crippen molar-refractivity contribution in [2.45, 2.75) is 19.1 Å². The quantitative estimate of drug-likeness (QED) is 0.817. The molecule has 0 radical (unpaired) electrons. The van der Waals surface area contributed by atoms with Crippen LogP contribution in [-0.2, 0) is 13.1 Å². The molecule has 4 rings (SSSR count). The van der Waals surface area contributed by atoms with Gasteiger partial charge in [0, 0.05) is 51.2 Å². The lowest BCUT2D eigenvalue weighted by atomic mass is 10.1. The molecular weight excluding hydrogens is 330 g/mol. The Balaban J connectivity index is 1.37. The van der Waals surface area contributed by atoms with Gasteiger partial charge in [0.2, 0.25) is 5.88 Å². The average Bonchev–Trinajstić information content (AvgIpc) is 2.98. The van der Waals surface area contributed by atoms with Gasteiger partial charge in [-0.3, -0.25) is 9.88 Å². The van der Waals surface area contributed by atoms with Crippen LogP contribution >= 0.6 is 0 Å². The van der Waals surface area contributed by atoms with Crippen LogP contribution in [0.2, 0.25) is 0 Å². The number of carbonyl (C=O) groups excluding carboxylic acids is 1. The molecule has 2 amide bonds. The maximum absolute atomic E-state index is 12.7. The number of rotatable bonds is 5. The molecule has 2 aliphatic rings. The highest BCUT2D eigenvalue weighted by atomic mass is 16.5. The molecule has 2 aliphatic heterocycles. The summed E-state index contributed by atoms with van der Waals surface area (Å²) in [5.41, 5.74) is 2.09. The Morgan fingerprint density at radius 3 is 2.77 bits per heavy atom. The van der Waals surface area contributed by atoms with E-state index >= 15 is 0 Å². The minimum absolute atomic E-state index is 0.131. The second-order valence-electron chi connectivity index (χ2n) is 6.78. The minimum atomic E-state index is 0.131. The van der Waals surface area contributed by atoms with Crippen molar-refractivity contribution in [2.75, 3.05) is 33.3 Å². The Hall–Kier alpha value is -2.67. The van der Waals surface area contributed by atoms with Crippen LogP contribution in [0.5, 0.6) is 5.88 Å². The van der Waals surface area contributed by atoms with E-state index in [1.807, 2.05) is 46.3 Å². The number of aromatic nitrogens is 2. The van der Waals surface area contributed by atoms with Gasteiger partial charge in [0.05, 0.1) is 25.4 Å². The zero-order valence-electron chi connectivity index (χ0n) is 14.9. The molecule has 7 nitrogen and oxygen atoms in total. The van der Waals surface area contributed by atoms with Gasteiger partial charge in [-0.15, -0.1) is 0 Å². The monoisotopic (exact) mass is 353 g/mol. The third-order valence-corrected chi connectivity index (χ3v) is 5.01. The summed E-state index contributed by atoms with van der Waals surface area (Å²) in [6.45, 7) is 4.71. The van der Waals surface area contributed by atoms with Crippen LogP contribution in [0.15, 0.2) is 42.7 Å². The summed E-state index contributed by atoms with van der Waals surface area (Å²) < 4.78 is 5.11. The lowest BCUT2D eigenvalue weighted by Gasteiger charge is -2.36. The van der Waals surface area contributed by atoms with Crippen LogP contribution in [0.3, 0.4) is 0 Å². The number of hydrogen-bond acceptors (Lipinski definition) is 5. The standard InChI is InChI=1S/C19H23N5O2/c1-26-18-6-5-15(10-21-18)11-22-8-9-24-17(13-22)14-23(19(24)25)12-16-4-2-3-7-20-16/h2-7,10,17H,8-9,11-14H2,1H3. The third kappa shape index (κ3) is 3.48. The summed E-state index contributed by atoms with van der Waals surface area (Å²) in [4.78, 5) is 27.6. The van der Waals surface area contributed by atoms with E-state index in [-0.39, 0.29) is 12.1 Å². The molecule has 2 fully saturated rings. The number of pyridine rings is 2. The number of piperazine rings is 1. The summed E-state index contributed by atoms with van der Waals surface area (Å²) in [6.07, 6.45) is 3.63. The molecule has 2 aromatic rings. The number of carbonyl (C=O) groups is 1. The fourth-order valence-electron chi connectivity index (χ4n) is 3.69. The number of methoxy groups -OCH3 is 1. The van der Waals surface area contributed by atoms with Crippen molar-refractivity contribution >= 4 is 6.03 Å². The van der Waals surface area contributed by atoms with Crippen molar-refractivity contribution in [3.05, 3.63) is 54.0 Å². The molecule has 2 saturated heterocycles. The van der Waals surface area contributed by atoms with Gasteiger partial charge in [0.1, 0.15) is 0 Å². The van der Waals surface area contributed by atoms with Crippen molar-refractivity contribution in [3.8, 4) is 5.88 Å². The lowest BCUT2D eigenvalue weighted by Crippen LogP contribution is -2.51. The maximum atomic E-state index is 12.7. The van der Waals surface area contributed by atoms with E-state index in [1.165, 1.54) is 0 Å². The van der Waals surface area contributed by atoms with Gasteiger partial charge in [-0.05, 0) is 17.7 Å². The molecule has 2 aromatic heterocycles. The summed E-state index contributed by atoms with van der Waals surface area (Å²) in [6, 6.07) is 10.1. The highest BCUT2D eigenvalue weighted by Gasteiger charge is 2.40. The maximum Gasteiger partial charge on any atom is 0.320 e. The molecule has 0 saturated carbocycles. The van der Waals surface area contributed by atoms with E-state index in [1.54, 1.807) is 13.3 Å². The molecule has 0 aromatic carbocycles. The molecular formula is C19H23N5O2. The average molecular weight is 353 g/mol. The second kappa shape index (κ2) is 7.29. The van der Waals surface area contributed by atoms with Crippen molar-refractivity contribution in [3.63, 3.8) is 0 Å². The van der Waals surface area contributed by atoms with Gasteiger partial charge in [0.25, 0.3) is 0 Å². The third-order valence-electron chi connectivity index (χ3n) is 5.01. The Morgan fingerprint density at radius 2 is 2.04 bits per heavy atom. The van der Waals surface area contributed by atoms with E-state index in [4.69, 9.17) is 4.74 Å². The van der Waals surface area contributed by atoms with Crippen LogP contribution in [0, 0.1) is 0 Å². The molecule has 4 heterocycles. The van der Waals surface area contributed by atoms with Crippen molar-refractivity contribution in [1.82, 2.24) is 24.7 Å². The summed E-state index contributed by atoms with van der Waals surface area (Å²) in [5.74, 6) is 0.630. The summed E-state index contributed by atoms with van der Waals surface area (Å²) >= 11 is 0. The molecule has 26 heavy (non-hydrogen) atoms. The molecule has 136 valence electrons. The lowest BCUT2D eigenvalue weighted by molar-refractivity contribution is 0.116. The number of amides is 2. The Labute approximate surface area is 153 Å². The predicted molar refractivity (Wildman–Crippen MR) is 96.6 cm³/mol. The Bertz CT molecular complexity index is 752. The second-order valence-corrected chi connectivity index (χ2v) is 6.78. The first-order valence-corrected chi connectivity index (χ1v) is 8.89. The van der Waals surface area contributed by atoms with E-state index < -0.39 is 0 Å². The Kier molecular flexibility index (Phi) is 4.71. The van der Waals surface area contributed by atoms with Crippen LogP contribution in [0.25, 0.3) is 0 Å². The fraction of sp³-hybridized carbons (Fsp3) is 0.421. The first-order chi connectivity index (χ1) is 12.7. The number of urea groups is 1. The molecule has 7 heteroatoms. The van der Waals surface area contributed by atoms with Crippen molar-refractivity contribution < 1.29 is 9.53 Å². The van der Waals surface area contributed by atoms with Crippen molar-refractivity contribution in [2.24, 2.45) is 0 Å². The smallest absolute Gasteiger partial charge is 0.320 e. The number of fused-ring (bicyclic) bond motifs is 1. The van der Waals surface area contributed by atoms with Crippen LogP contribution in [-0.4, -0.2) is 70.0 Å². The van der Waals surface area contributed by atoms with E-state index in [0.29, 0.717) is 12.4 Å². The van der Waals surface area contributed by atoms with Gasteiger partial charge in [0.15, 0.2) is 0 Å². The Morgan fingerprint density at radius 1 is 1.12 bits per heavy atom.